The van der Waals surface area contributed by atoms with Crippen LogP contribution >= 0.6 is 35.0 Å². The van der Waals surface area contributed by atoms with Crippen LogP contribution in [-0.2, 0) is 6.54 Å². The van der Waals surface area contributed by atoms with Crippen molar-refractivity contribution in [1.29, 1.82) is 0 Å². The second-order valence-electron chi connectivity index (χ2n) is 6.54. The Kier molecular flexibility index (Phi) is 6.95. The summed E-state index contributed by atoms with van der Waals surface area (Å²) in [5.41, 5.74) is 2.17. The van der Waals surface area contributed by atoms with Gasteiger partial charge in [-0.05, 0) is 54.1 Å². The van der Waals surface area contributed by atoms with Gasteiger partial charge in [0.1, 0.15) is 5.75 Å². The minimum absolute atomic E-state index is 0.556. The molecule has 4 rings (SSSR count). The van der Waals surface area contributed by atoms with E-state index >= 15 is 0 Å². The summed E-state index contributed by atoms with van der Waals surface area (Å²) >= 11 is 13.6. The Bertz CT molecular complexity index is 1080. The highest BCUT2D eigenvalue weighted by molar-refractivity contribution is 7.99. The summed E-state index contributed by atoms with van der Waals surface area (Å²) in [7, 11) is 0. The third-order valence-electron chi connectivity index (χ3n) is 4.40. The van der Waals surface area contributed by atoms with E-state index in [1.54, 1.807) is 11.8 Å². The number of benzene rings is 3. The van der Waals surface area contributed by atoms with Crippen molar-refractivity contribution in [1.82, 2.24) is 14.8 Å². The van der Waals surface area contributed by atoms with Crippen LogP contribution in [0.1, 0.15) is 5.56 Å². The van der Waals surface area contributed by atoms with Gasteiger partial charge in [-0.2, -0.15) is 0 Å². The third kappa shape index (κ3) is 5.36. The summed E-state index contributed by atoms with van der Waals surface area (Å²) in [4.78, 5) is 0. The zero-order chi connectivity index (χ0) is 20.8. The summed E-state index contributed by atoms with van der Waals surface area (Å²) in [5.74, 6) is 2.36. The number of nitrogens with zero attached hydrogens (tertiary/aromatic N) is 3. The normalized spacial score (nSPS) is 10.9. The SMILES string of the molecule is Clc1ccc(OCCSc2nnc(-c3ccc(Cl)cc3)n2Cc2ccccc2)cc1. The van der Waals surface area contributed by atoms with E-state index in [1.165, 1.54) is 5.56 Å². The van der Waals surface area contributed by atoms with Crippen LogP contribution in [0.4, 0.5) is 0 Å². The summed E-state index contributed by atoms with van der Waals surface area (Å²) in [6, 6.07) is 25.3. The van der Waals surface area contributed by atoms with Gasteiger partial charge in [0.05, 0.1) is 13.2 Å². The number of rotatable bonds is 8. The molecule has 30 heavy (non-hydrogen) atoms. The molecule has 0 bridgehead atoms. The van der Waals surface area contributed by atoms with E-state index in [0.29, 0.717) is 23.2 Å². The molecule has 4 nitrogen and oxygen atoms in total. The maximum atomic E-state index is 6.05. The lowest BCUT2D eigenvalue weighted by Crippen LogP contribution is -2.06. The molecule has 0 aliphatic carbocycles. The van der Waals surface area contributed by atoms with Crippen molar-refractivity contribution in [2.75, 3.05) is 12.4 Å². The van der Waals surface area contributed by atoms with E-state index in [4.69, 9.17) is 27.9 Å². The monoisotopic (exact) mass is 455 g/mol. The van der Waals surface area contributed by atoms with E-state index in [-0.39, 0.29) is 0 Å². The second-order valence-corrected chi connectivity index (χ2v) is 8.47. The van der Waals surface area contributed by atoms with Crippen molar-refractivity contribution in [2.24, 2.45) is 0 Å². The van der Waals surface area contributed by atoms with Crippen molar-refractivity contribution in [2.45, 2.75) is 11.7 Å². The largest absolute Gasteiger partial charge is 0.493 e. The van der Waals surface area contributed by atoms with Gasteiger partial charge in [-0.25, -0.2) is 0 Å². The molecule has 0 radical (unpaired) electrons. The highest BCUT2D eigenvalue weighted by Crippen LogP contribution is 2.26. The Morgan fingerprint density at radius 1 is 0.800 bits per heavy atom. The number of hydrogen-bond donors (Lipinski definition) is 0. The van der Waals surface area contributed by atoms with Crippen LogP contribution < -0.4 is 4.74 Å². The van der Waals surface area contributed by atoms with Crippen LogP contribution in [0.2, 0.25) is 10.0 Å². The van der Waals surface area contributed by atoms with Gasteiger partial charge in [-0.3, -0.25) is 4.57 Å². The van der Waals surface area contributed by atoms with Gasteiger partial charge in [-0.1, -0.05) is 65.3 Å². The summed E-state index contributed by atoms with van der Waals surface area (Å²) in [5, 5.41) is 11.1. The van der Waals surface area contributed by atoms with Crippen molar-refractivity contribution in [3.63, 3.8) is 0 Å². The van der Waals surface area contributed by atoms with Crippen molar-refractivity contribution < 1.29 is 4.74 Å². The van der Waals surface area contributed by atoms with Crippen LogP contribution in [0.15, 0.2) is 84.0 Å². The lowest BCUT2D eigenvalue weighted by molar-refractivity contribution is 0.344. The van der Waals surface area contributed by atoms with Gasteiger partial charge < -0.3 is 4.74 Å². The maximum Gasteiger partial charge on any atom is 0.191 e. The average Bonchev–Trinajstić information content (AvgIpc) is 3.16. The molecule has 7 heteroatoms. The Hall–Kier alpha value is -2.47. The molecule has 0 atom stereocenters. The fourth-order valence-electron chi connectivity index (χ4n) is 2.94. The number of ether oxygens (including phenoxy) is 1. The number of hydrogen-bond acceptors (Lipinski definition) is 4. The Morgan fingerprint density at radius 2 is 1.47 bits per heavy atom. The van der Waals surface area contributed by atoms with Crippen molar-refractivity contribution in [3.05, 3.63) is 94.5 Å². The third-order valence-corrected chi connectivity index (χ3v) is 5.83. The standard InChI is InChI=1S/C23H19Cl2N3OS/c24-19-8-6-18(7-9-19)22-26-27-23(28(22)16-17-4-2-1-3-5-17)30-15-14-29-21-12-10-20(25)11-13-21/h1-13H,14-16H2. The van der Waals surface area contributed by atoms with Crippen LogP contribution in [-0.4, -0.2) is 27.1 Å². The average molecular weight is 456 g/mol. The highest BCUT2D eigenvalue weighted by atomic mass is 35.5. The quantitative estimate of drug-likeness (QED) is 0.225. The first-order valence-corrected chi connectivity index (χ1v) is 11.2. The van der Waals surface area contributed by atoms with E-state index in [9.17, 15) is 0 Å². The molecule has 0 aliphatic rings. The van der Waals surface area contributed by atoms with Gasteiger partial charge in [0, 0.05) is 21.4 Å². The van der Waals surface area contributed by atoms with Crippen LogP contribution in [0.25, 0.3) is 11.4 Å². The van der Waals surface area contributed by atoms with Gasteiger partial charge in [0.25, 0.3) is 0 Å². The molecule has 0 amide bonds. The van der Waals surface area contributed by atoms with E-state index in [2.05, 4.69) is 26.9 Å². The predicted molar refractivity (Wildman–Crippen MR) is 124 cm³/mol. The fraction of sp³-hybridized carbons (Fsp3) is 0.130. The molecule has 3 aromatic carbocycles. The molecule has 0 saturated carbocycles. The minimum Gasteiger partial charge on any atom is -0.493 e. The first-order valence-electron chi connectivity index (χ1n) is 9.43. The van der Waals surface area contributed by atoms with Gasteiger partial charge >= 0.3 is 0 Å². The molecule has 152 valence electrons. The Labute approximate surface area is 189 Å². The lowest BCUT2D eigenvalue weighted by atomic mass is 10.2. The highest BCUT2D eigenvalue weighted by Gasteiger charge is 2.15. The summed E-state index contributed by atoms with van der Waals surface area (Å²) in [6.45, 7) is 1.24. The van der Waals surface area contributed by atoms with Crippen molar-refractivity contribution >= 4 is 35.0 Å². The van der Waals surface area contributed by atoms with E-state index in [0.717, 1.165) is 28.0 Å². The molecule has 0 unspecified atom stereocenters. The van der Waals surface area contributed by atoms with Crippen LogP contribution in [0.3, 0.4) is 0 Å². The topological polar surface area (TPSA) is 39.9 Å². The van der Waals surface area contributed by atoms with Gasteiger partial charge in [0.15, 0.2) is 11.0 Å². The summed E-state index contributed by atoms with van der Waals surface area (Å²) in [6.07, 6.45) is 0. The zero-order valence-corrected chi connectivity index (χ0v) is 18.4. The van der Waals surface area contributed by atoms with Gasteiger partial charge in [0.2, 0.25) is 0 Å². The van der Waals surface area contributed by atoms with Crippen LogP contribution in [0, 0.1) is 0 Å². The molecule has 0 spiro atoms. The zero-order valence-electron chi connectivity index (χ0n) is 16.0. The predicted octanol–water partition coefficient (Wildman–Crippen LogP) is 6.47. The van der Waals surface area contributed by atoms with Crippen molar-refractivity contribution in [3.8, 4) is 17.1 Å². The second kappa shape index (κ2) is 10.0. The smallest absolute Gasteiger partial charge is 0.191 e. The van der Waals surface area contributed by atoms with Gasteiger partial charge in [-0.15, -0.1) is 10.2 Å². The molecule has 0 aliphatic heterocycles. The molecule has 1 aromatic heterocycles. The molecule has 0 saturated heterocycles. The first-order chi connectivity index (χ1) is 14.7. The molecule has 1 heterocycles. The number of thioether (sulfide) groups is 1. The number of halogens is 2. The molecule has 0 N–H and O–H groups in total. The molecular weight excluding hydrogens is 437 g/mol. The molecule has 4 aromatic rings. The number of aromatic nitrogens is 3. The molecule has 0 fully saturated rings. The fourth-order valence-corrected chi connectivity index (χ4v) is 3.95. The van der Waals surface area contributed by atoms with E-state index < -0.39 is 0 Å². The maximum absolute atomic E-state index is 6.05. The van der Waals surface area contributed by atoms with Crippen LogP contribution in [0.5, 0.6) is 5.75 Å². The Morgan fingerprint density at radius 3 is 2.17 bits per heavy atom. The molecular formula is C23H19Cl2N3OS. The summed E-state index contributed by atoms with van der Waals surface area (Å²) < 4.78 is 7.92. The Balaban J connectivity index is 1.50. The van der Waals surface area contributed by atoms with E-state index in [1.807, 2.05) is 66.7 Å². The lowest BCUT2D eigenvalue weighted by Gasteiger charge is -2.11. The first kappa shape index (κ1) is 20.8. The minimum atomic E-state index is 0.556.